The van der Waals surface area contributed by atoms with Crippen molar-refractivity contribution in [3.63, 3.8) is 0 Å². The summed E-state index contributed by atoms with van der Waals surface area (Å²) in [6, 6.07) is 1.67. The average molecular weight is 354 g/mol. The zero-order valence-corrected chi connectivity index (χ0v) is 13.6. The van der Waals surface area contributed by atoms with Crippen LogP contribution in [-0.4, -0.2) is 39.5 Å². The normalized spacial score (nSPS) is 12.0. The third-order valence-electron chi connectivity index (χ3n) is 2.31. The second-order valence-corrected chi connectivity index (χ2v) is 8.20. The van der Waals surface area contributed by atoms with Crippen molar-refractivity contribution in [2.75, 3.05) is 26.8 Å². The smallest absolute Gasteiger partial charge is 0.252 e. The van der Waals surface area contributed by atoms with Gasteiger partial charge in [0.25, 0.3) is 10.0 Å². The van der Waals surface area contributed by atoms with Gasteiger partial charge in [0.15, 0.2) is 0 Å². The van der Waals surface area contributed by atoms with Crippen LogP contribution in [0.25, 0.3) is 0 Å². The first-order valence-corrected chi connectivity index (χ1v) is 8.34. The van der Waals surface area contributed by atoms with E-state index in [-0.39, 0.29) is 6.54 Å². The van der Waals surface area contributed by atoms with E-state index in [0.717, 1.165) is 9.35 Å². The molecular formula is C11H16BrNO3S2. The summed E-state index contributed by atoms with van der Waals surface area (Å²) in [6.45, 7) is 6.41. The lowest BCUT2D eigenvalue weighted by Crippen LogP contribution is -2.33. The Labute approximate surface area is 120 Å². The van der Waals surface area contributed by atoms with Crippen LogP contribution in [0.1, 0.15) is 5.56 Å². The Morgan fingerprint density at radius 1 is 1.61 bits per heavy atom. The molecule has 0 saturated heterocycles. The van der Waals surface area contributed by atoms with E-state index in [1.165, 1.54) is 15.6 Å². The molecule has 0 N–H and O–H groups in total. The van der Waals surface area contributed by atoms with Gasteiger partial charge in [-0.15, -0.1) is 17.9 Å². The van der Waals surface area contributed by atoms with E-state index in [0.29, 0.717) is 17.4 Å². The first kappa shape index (κ1) is 15.8. The summed E-state index contributed by atoms with van der Waals surface area (Å²) in [4.78, 5) is 0. The largest absolute Gasteiger partial charge is 0.383 e. The van der Waals surface area contributed by atoms with E-state index in [1.54, 1.807) is 19.3 Å². The van der Waals surface area contributed by atoms with Gasteiger partial charge in [-0.3, -0.25) is 0 Å². The topological polar surface area (TPSA) is 46.6 Å². The van der Waals surface area contributed by atoms with E-state index >= 15 is 0 Å². The molecule has 18 heavy (non-hydrogen) atoms. The number of hydrogen-bond donors (Lipinski definition) is 0. The van der Waals surface area contributed by atoms with Crippen molar-refractivity contribution in [1.29, 1.82) is 0 Å². The number of halogens is 1. The Kier molecular flexibility index (Phi) is 6.00. The van der Waals surface area contributed by atoms with Crippen molar-refractivity contribution in [2.45, 2.75) is 11.1 Å². The maximum Gasteiger partial charge on any atom is 0.252 e. The van der Waals surface area contributed by atoms with Gasteiger partial charge in [0.05, 0.1) is 10.4 Å². The maximum absolute atomic E-state index is 12.4. The van der Waals surface area contributed by atoms with Crippen LogP contribution in [0.4, 0.5) is 0 Å². The molecular weight excluding hydrogens is 338 g/mol. The summed E-state index contributed by atoms with van der Waals surface area (Å²) in [6.07, 6.45) is 1.57. The number of methoxy groups -OCH3 is 1. The number of sulfonamides is 1. The van der Waals surface area contributed by atoms with Crippen LogP contribution in [0.3, 0.4) is 0 Å². The van der Waals surface area contributed by atoms with Gasteiger partial charge in [-0.25, -0.2) is 8.42 Å². The Bertz CT molecular complexity index is 491. The Hall–Kier alpha value is -0.210. The molecule has 102 valence electrons. The summed E-state index contributed by atoms with van der Waals surface area (Å²) in [5.74, 6) is 0. The fourth-order valence-corrected chi connectivity index (χ4v) is 5.11. The summed E-state index contributed by atoms with van der Waals surface area (Å²) in [5.41, 5.74) is 0.920. The first-order valence-electron chi connectivity index (χ1n) is 5.29. The average Bonchev–Trinajstić information content (AvgIpc) is 2.65. The van der Waals surface area contributed by atoms with Crippen molar-refractivity contribution >= 4 is 37.3 Å². The Balaban J connectivity index is 3.04. The Morgan fingerprint density at radius 2 is 2.28 bits per heavy atom. The van der Waals surface area contributed by atoms with Crippen LogP contribution < -0.4 is 0 Å². The number of aryl methyl sites for hydroxylation is 1. The van der Waals surface area contributed by atoms with Crippen LogP contribution in [-0.2, 0) is 14.8 Å². The fraction of sp³-hybridized carbons (Fsp3) is 0.455. The minimum absolute atomic E-state index is 0.278. The minimum atomic E-state index is -3.47. The molecule has 0 spiro atoms. The minimum Gasteiger partial charge on any atom is -0.383 e. The third-order valence-corrected chi connectivity index (χ3v) is 6.76. The van der Waals surface area contributed by atoms with Gasteiger partial charge in [0.2, 0.25) is 0 Å². The maximum atomic E-state index is 12.4. The van der Waals surface area contributed by atoms with Gasteiger partial charge in [-0.2, -0.15) is 4.31 Å². The predicted molar refractivity (Wildman–Crippen MR) is 77.6 cm³/mol. The zero-order chi connectivity index (χ0) is 13.8. The van der Waals surface area contributed by atoms with Crippen LogP contribution in [0, 0.1) is 6.92 Å². The number of nitrogens with zero attached hydrogens (tertiary/aromatic N) is 1. The van der Waals surface area contributed by atoms with Crippen LogP contribution in [0.15, 0.2) is 26.7 Å². The van der Waals surface area contributed by atoms with E-state index in [4.69, 9.17) is 4.74 Å². The van der Waals surface area contributed by atoms with Gasteiger partial charge in [-0.05, 0) is 34.5 Å². The lowest BCUT2D eigenvalue weighted by atomic mass is 10.4. The number of ether oxygens (including phenoxy) is 1. The Morgan fingerprint density at radius 3 is 2.72 bits per heavy atom. The fourth-order valence-electron chi connectivity index (χ4n) is 1.33. The molecule has 0 fully saturated rings. The van der Waals surface area contributed by atoms with Crippen molar-refractivity contribution < 1.29 is 13.2 Å². The van der Waals surface area contributed by atoms with Crippen LogP contribution in [0.5, 0.6) is 0 Å². The number of rotatable bonds is 7. The second-order valence-electron chi connectivity index (χ2n) is 3.67. The van der Waals surface area contributed by atoms with E-state index in [1.807, 2.05) is 6.92 Å². The molecule has 0 bridgehead atoms. The molecule has 1 aromatic rings. The van der Waals surface area contributed by atoms with Gasteiger partial charge in [0, 0.05) is 20.2 Å². The van der Waals surface area contributed by atoms with Gasteiger partial charge in [0.1, 0.15) is 4.21 Å². The number of hydrogen-bond acceptors (Lipinski definition) is 4. The van der Waals surface area contributed by atoms with E-state index in [2.05, 4.69) is 22.5 Å². The molecule has 0 aromatic carbocycles. The number of thiophene rings is 1. The molecule has 1 rings (SSSR count). The van der Waals surface area contributed by atoms with E-state index in [9.17, 15) is 8.42 Å². The quantitative estimate of drug-likeness (QED) is 0.708. The molecule has 0 saturated carbocycles. The molecule has 4 nitrogen and oxygen atoms in total. The van der Waals surface area contributed by atoms with Crippen molar-refractivity contribution in [3.05, 3.63) is 28.1 Å². The summed E-state index contributed by atoms with van der Waals surface area (Å²) < 4.78 is 32.3. The standard InChI is InChI=1S/C11H16BrNO3S2/c1-4-5-13(6-7-16-3)18(14,15)10-8-9(2)11(12)17-10/h4,8H,1,5-7H2,2-3H3. The molecule has 1 heterocycles. The molecule has 0 aliphatic rings. The van der Waals surface area contributed by atoms with Gasteiger partial charge < -0.3 is 4.74 Å². The molecule has 0 unspecified atom stereocenters. The van der Waals surface area contributed by atoms with E-state index < -0.39 is 10.0 Å². The summed E-state index contributed by atoms with van der Waals surface area (Å²) in [7, 11) is -1.92. The van der Waals surface area contributed by atoms with Crippen LogP contribution in [0.2, 0.25) is 0 Å². The highest BCUT2D eigenvalue weighted by Crippen LogP contribution is 2.32. The monoisotopic (exact) mass is 353 g/mol. The van der Waals surface area contributed by atoms with Gasteiger partial charge >= 0.3 is 0 Å². The van der Waals surface area contributed by atoms with Crippen LogP contribution >= 0.6 is 27.3 Å². The predicted octanol–water partition coefficient (Wildman–Crippen LogP) is 2.64. The summed E-state index contributed by atoms with van der Waals surface area (Å²) in [5, 5.41) is 0. The molecule has 0 radical (unpaired) electrons. The molecule has 0 aliphatic heterocycles. The lowest BCUT2D eigenvalue weighted by Gasteiger charge is -2.19. The molecule has 0 atom stereocenters. The zero-order valence-electron chi connectivity index (χ0n) is 10.3. The highest BCUT2D eigenvalue weighted by atomic mass is 79.9. The van der Waals surface area contributed by atoms with Gasteiger partial charge in [-0.1, -0.05) is 6.08 Å². The molecule has 0 aliphatic carbocycles. The SMILES string of the molecule is C=CCN(CCOC)S(=O)(=O)c1cc(C)c(Br)s1. The second kappa shape index (κ2) is 6.81. The highest BCUT2D eigenvalue weighted by Gasteiger charge is 2.25. The highest BCUT2D eigenvalue weighted by molar-refractivity contribution is 9.11. The molecule has 7 heteroatoms. The molecule has 0 amide bonds. The van der Waals surface area contributed by atoms with Crippen molar-refractivity contribution in [1.82, 2.24) is 4.31 Å². The van der Waals surface area contributed by atoms with Crippen molar-refractivity contribution in [3.8, 4) is 0 Å². The summed E-state index contributed by atoms with van der Waals surface area (Å²) >= 11 is 4.56. The lowest BCUT2D eigenvalue weighted by molar-refractivity contribution is 0.182. The third kappa shape index (κ3) is 3.64. The first-order chi connectivity index (χ1) is 8.43. The van der Waals surface area contributed by atoms with Crippen molar-refractivity contribution in [2.24, 2.45) is 0 Å². The molecule has 1 aromatic heterocycles.